The quantitative estimate of drug-likeness (QED) is 0.218. The SMILES string of the molecule is COCCCN(CC1(O)CCC2C34C=CC5(C=C3C(=O)c3ccc(OC)cc3)CC(O)CCC5(C)C4CCC21C)S(C)(=O)=O. The summed E-state index contributed by atoms with van der Waals surface area (Å²) in [5.41, 5.74) is -1.62. The predicted octanol–water partition coefficient (Wildman–Crippen LogP) is 4.77. The number of fused-ring (bicyclic) bond motifs is 1. The van der Waals surface area contributed by atoms with Gasteiger partial charge >= 0.3 is 0 Å². The van der Waals surface area contributed by atoms with Crippen molar-refractivity contribution in [1.82, 2.24) is 4.31 Å². The van der Waals surface area contributed by atoms with Crippen molar-refractivity contribution in [2.75, 3.05) is 40.2 Å². The fourth-order valence-corrected chi connectivity index (χ4v) is 11.4. The van der Waals surface area contributed by atoms with Crippen molar-refractivity contribution in [3.63, 3.8) is 0 Å². The molecule has 9 heteroatoms. The van der Waals surface area contributed by atoms with Crippen LogP contribution in [-0.2, 0) is 14.8 Å². The number of carbonyl (C=O) groups is 1. The largest absolute Gasteiger partial charge is 0.497 e. The number of methoxy groups -OCH3 is 2. The molecule has 2 N–H and O–H groups in total. The van der Waals surface area contributed by atoms with Gasteiger partial charge in [-0.2, -0.15) is 4.31 Å². The second-order valence-corrected chi connectivity index (χ2v) is 16.8. The first kappa shape index (κ1) is 31.9. The first-order chi connectivity index (χ1) is 20.7. The molecule has 2 spiro atoms. The van der Waals surface area contributed by atoms with Crippen molar-refractivity contribution >= 4 is 15.8 Å². The normalized spacial score (nSPS) is 40.7. The minimum atomic E-state index is -3.57. The Morgan fingerprint density at radius 3 is 2.32 bits per heavy atom. The molecule has 8 atom stereocenters. The molecule has 0 heterocycles. The van der Waals surface area contributed by atoms with Gasteiger partial charge in [0.1, 0.15) is 5.75 Å². The fraction of sp³-hybridized carbons (Fsp3) is 0.686. The summed E-state index contributed by atoms with van der Waals surface area (Å²) in [6, 6.07) is 7.27. The molecule has 8 nitrogen and oxygen atoms in total. The van der Waals surface area contributed by atoms with E-state index in [4.69, 9.17) is 9.47 Å². The Morgan fingerprint density at radius 1 is 1.00 bits per heavy atom. The maximum absolute atomic E-state index is 14.6. The maximum Gasteiger partial charge on any atom is 0.211 e. The van der Waals surface area contributed by atoms with Crippen molar-refractivity contribution in [3.05, 3.63) is 53.6 Å². The number of Topliss-reactive ketones (excluding diaryl/α,β-unsaturated/α-hetero) is 1. The third-order valence-electron chi connectivity index (χ3n) is 13.0. The molecule has 7 rings (SSSR count). The Kier molecular flexibility index (Phi) is 7.81. The zero-order chi connectivity index (χ0) is 31.8. The van der Waals surface area contributed by atoms with Gasteiger partial charge in [0.25, 0.3) is 0 Å². The highest BCUT2D eigenvalue weighted by molar-refractivity contribution is 7.88. The Morgan fingerprint density at radius 2 is 1.66 bits per heavy atom. The molecule has 0 aliphatic heterocycles. The molecule has 6 aliphatic carbocycles. The van der Waals surface area contributed by atoms with E-state index in [-0.39, 0.29) is 36.1 Å². The lowest BCUT2D eigenvalue weighted by Gasteiger charge is -2.71. The third kappa shape index (κ3) is 4.43. The Labute approximate surface area is 262 Å². The monoisotopic (exact) mass is 627 g/mol. The van der Waals surface area contributed by atoms with Crippen molar-refractivity contribution in [2.45, 2.75) is 76.9 Å². The number of hydrogen-bond acceptors (Lipinski definition) is 7. The standard InChI is InChI=1S/C35H49NO7S/c1-31-14-11-25(37)21-33(31)17-18-35(27(22-33)30(38)24-7-9-26(43-4)10-8-24)28(31)12-15-32(2)29(35)13-16-34(32,39)23-36(44(5,40)41)19-6-20-42-3/h7-10,17-18,22,25,28-29,37,39H,6,11-16,19-21,23H2,1-5H3. The molecule has 6 aliphatic rings. The van der Waals surface area contributed by atoms with Gasteiger partial charge in [0.05, 0.1) is 25.1 Å². The minimum absolute atomic E-state index is 0.0134. The number of ketones is 1. The van der Waals surface area contributed by atoms with Gasteiger partial charge in [-0.1, -0.05) is 32.1 Å². The van der Waals surface area contributed by atoms with Gasteiger partial charge in [0.2, 0.25) is 10.0 Å². The van der Waals surface area contributed by atoms with Crippen LogP contribution in [0.3, 0.4) is 0 Å². The van der Waals surface area contributed by atoms with Crippen LogP contribution in [0.25, 0.3) is 0 Å². The van der Waals surface area contributed by atoms with Gasteiger partial charge < -0.3 is 19.7 Å². The van der Waals surface area contributed by atoms with Crippen molar-refractivity contribution in [1.29, 1.82) is 0 Å². The lowest BCUT2D eigenvalue weighted by atomic mass is 9.32. The Hall–Kier alpha value is -2.04. The number of aliphatic hydroxyl groups excluding tert-OH is 1. The minimum Gasteiger partial charge on any atom is -0.497 e. The van der Waals surface area contributed by atoms with Crippen LogP contribution in [0.15, 0.2) is 48.1 Å². The smallest absolute Gasteiger partial charge is 0.211 e. The highest BCUT2D eigenvalue weighted by Crippen LogP contribution is 2.78. The summed E-state index contributed by atoms with van der Waals surface area (Å²) in [6.45, 7) is 5.26. The summed E-state index contributed by atoms with van der Waals surface area (Å²) in [6.07, 6.45) is 13.1. The molecule has 8 unspecified atom stereocenters. The lowest BCUT2D eigenvalue weighted by molar-refractivity contribution is -0.173. The van der Waals surface area contributed by atoms with Crippen molar-refractivity contribution in [2.24, 2.45) is 33.5 Å². The van der Waals surface area contributed by atoms with Crippen LogP contribution in [-0.4, -0.2) is 80.6 Å². The molecule has 1 aromatic carbocycles. The lowest BCUT2D eigenvalue weighted by Crippen LogP contribution is -2.67. The van der Waals surface area contributed by atoms with E-state index in [1.807, 2.05) is 24.3 Å². The van der Waals surface area contributed by atoms with Crippen LogP contribution >= 0.6 is 0 Å². The highest BCUT2D eigenvalue weighted by atomic mass is 32.2. The topological polar surface area (TPSA) is 113 Å². The van der Waals surface area contributed by atoms with Crippen LogP contribution in [0.4, 0.5) is 0 Å². The van der Waals surface area contributed by atoms with E-state index in [9.17, 15) is 23.4 Å². The van der Waals surface area contributed by atoms with Gasteiger partial charge in [-0.05, 0) is 92.9 Å². The second kappa shape index (κ2) is 10.8. The summed E-state index contributed by atoms with van der Waals surface area (Å²) < 4.78 is 37.8. The van der Waals surface area contributed by atoms with Crippen molar-refractivity contribution in [3.8, 4) is 5.75 Å². The average Bonchev–Trinajstić information content (AvgIpc) is 3.26. The zero-order valence-corrected chi connectivity index (χ0v) is 27.7. The number of benzene rings is 1. The molecule has 3 fully saturated rings. The van der Waals surface area contributed by atoms with Gasteiger partial charge in [0, 0.05) is 54.2 Å². The van der Waals surface area contributed by atoms with Crippen LogP contribution < -0.4 is 4.74 Å². The van der Waals surface area contributed by atoms with E-state index in [0.717, 1.165) is 31.3 Å². The van der Waals surface area contributed by atoms with Crippen LogP contribution in [0.1, 0.15) is 75.6 Å². The average molecular weight is 628 g/mol. The number of nitrogens with zero attached hydrogens (tertiary/aromatic N) is 1. The van der Waals surface area contributed by atoms with E-state index in [0.29, 0.717) is 43.6 Å². The van der Waals surface area contributed by atoms with E-state index >= 15 is 0 Å². The van der Waals surface area contributed by atoms with Crippen LogP contribution in [0, 0.1) is 33.5 Å². The molecule has 2 bridgehead atoms. The van der Waals surface area contributed by atoms with Crippen LogP contribution in [0.5, 0.6) is 5.75 Å². The summed E-state index contributed by atoms with van der Waals surface area (Å²) in [5, 5.41) is 23.5. The molecule has 3 saturated carbocycles. The molecule has 0 radical (unpaired) electrons. The number of rotatable bonds is 10. The summed E-state index contributed by atoms with van der Waals surface area (Å²) in [5.74, 6) is 0.791. The molecule has 242 valence electrons. The van der Waals surface area contributed by atoms with Crippen molar-refractivity contribution < 1.29 is 32.9 Å². The number of allylic oxidation sites excluding steroid dienone is 4. The van der Waals surface area contributed by atoms with Gasteiger partial charge in [0.15, 0.2) is 5.78 Å². The first-order valence-electron chi connectivity index (χ1n) is 16.2. The summed E-state index contributed by atoms with van der Waals surface area (Å²) in [7, 11) is -0.361. The number of ether oxygens (including phenoxy) is 2. The molecule has 1 aromatic rings. The number of aliphatic hydroxyl groups is 2. The molecular weight excluding hydrogens is 578 g/mol. The Bertz CT molecular complexity index is 1470. The molecule has 0 saturated heterocycles. The summed E-state index contributed by atoms with van der Waals surface area (Å²) >= 11 is 0. The molecule has 0 amide bonds. The molecule has 0 aromatic heterocycles. The van der Waals surface area contributed by atoms with E-state index in [1.165, 1.54) is 10.6 Å². The third-order valence-corrected chi connectivity index (χ3v) is 14.2. The number of sulfonamides is 1. The number of carbonyl (C=O) groups excluding carboxylic acids is 1. The van der Waals surface area contributed by atoms with E-state index in [2.05, 4.69) is 32.1 Å². The van der Waals surface area contributed by atoms with E-state index < -0.39 is 38.0 Å². The first-order valence-corrected chi connectivity index (χ1v) is 18.0. The fourth-order valence-electron chi connectivity index (χ4n) is 10.5. The van der Waals surface area contributed by atoms with Gasteiger partial charge in [-0.3, -0.25) is 4.79 Å². The second-order valence-electron chi connectivity index (χ2n) is 14.8. The Balaban J connectivity index is 1.45. The predicted molar refractivity (Wildman–Crippen MR) is 169 cm³/mol. The van der Waals surface area contributed by atoms with E-state index in [1.54, 1.807) is 14.2 Å². The number of hydrogen-bond donors (Lipinski definition) is 2. The highest BCUT2D eigenvalue weighted by Gasteiger charge is 2.74. The van der Waals surface area contributed by atoms with Gasteiger partial charge in [-0.15, -0.1) is 0 Å². The zero-order valence-electron chi connectivity index (χ0n) is 26.8. The summed E-state index contributed by atoms with van der Waals surface area (Å²) in [4.78, 5) is 14.6. The van der Waals surface area contributed by atoms with Crippen LogP contribution in [0.2, 0.25) is 0 Å². The molecular formula is C35H49NO7S. The maximum atomic E-state index is 14.6. The molecule has 44 heavy (non-hydrogen) atoms. The van der Waals surface area contributed by atoms with Gasteiger partial charge in [-0.25, -0.2) is 8.42 Å².